The van der Waals surface area contributed by atoms with Crippen molar-refractivity contribution in [1.29, 1.82) is 0 Å². The van der Waals surface area contributed by atoms with Crippen LogP contribution in [0.3, 0.4) is 0 Å². The van der Waals surface area contributed by atoms with Crippen molar-refractivity contribution in [3.8, 4) is 16.9 Å². The van der Waals surface area contributed by atoms with Gasteiger partial charge in [-0.2, -0.15) is 5.10 Å². The molecule has 9 nitrogen and oxygen atoms in total. The second kappa shape index (κ2) is 13.7. The highest BCUT2D eigenvalue weighted by Crippen LogP contribution is 2.32. The van der Waals surface area contributed by atoms with Gasteiger partial charge in [-0.05, 0) is 62.2 Å². The Bertz CT molecular complexity index is 1130. The van der Waals surface area contributed by atoms with E-state index in [0.717, 1.165) is 67.0 Å². The molecule has 1 saturated heterocycles. The number of aliphatic hydroxyl groups is 1. The minimum absolute atomic E-state index is 0.241. The Morgan fingerprint density at radius 1 is 1.16 bits per heavy atom. The van der Waals surface area contributed by atoms with E-state index in [9.17, 15) is 9.59 Å². The number of piperidine rings is 1. The largest absolute Gasteiger partial charge is 0.497 e. The third-order valence-electron chi connectivity index (χ3n) is 7.01. The summed E-state index contributed by atoms with van der Waals surface area (Å²) >= 11 is 0. The Morgan fingerprint density at radius 3 is 2.39 bits per heavy atom. The highest BCUT2D eigenvalue weighted by atomic mass is 16.5. The zero-order chi connectivity index (χ0) is 27.5. The van der Waals surface area contributed by atoms with Crippen molar-refractivity contribution in [1.82, 2.24) is 20.0 Å². The van der Waals surface area contributed by atoms with Gasteiger partial charge in [0.25, 0.3) is 0 Å². The van der Waals surface area contributed by atoms with Crippen LogP contribution in [0, 0.1) is 0 Å². The number of likely N-dealkylation sites (tertiary alicyclic amines) is 1. The molecule has 3 aromatic rings. The summed E-state index contributed by atoms with van der Waals surface area (Å²) < 4.78 is 5.39. The molecule has 2 aromatic carbocycles. The van der Waals surface area contributed by atoms with Crippen molar-refractivity contribution >= 4 is 18.4 Å². The lowest BCUT2D eigenvalue weighted by Crippen LogP contribution is -2.59. The molecule has 204 valence electrons. The summed E-state index contributed by atoms with van der Waals surface area (Å²) in [7, 11) is 5.93. The Hall–Kier alpha value is -3.69. The molecule has 1 atom stereocenters. The van der Waals surface area contributed by atoms with Crippen molar-refractivity contribution in [2.24, 2.45) is 0 Å². The number of anilines is 1. The topological polar surface area (TPSA) is 102 Å². The van der Waals surface area contributed by atoms with Gasteiger partial charge in [-0.1, -0.05) is 24.3 Å². The van der Waals surface area contributed by atoms with Gasteiger partial charge in [0, 0.05) is 50.7 Å². The number of aliphatic hydroxyl groups excluding tert-OH is 1. The van der Waals surface area contributed by atoms with Crippen molar-refractivity contribution in [2.45, 2.75) is 38.0 Å². The molecule has 1 aliphatic rings. The molecule has 1 aromatic heterocycles. The van der Waals surface area contributed by atoms with E-state index in [1.807, 2.05) is 35.5 Å². The first-order valence-electron chi connectivity index (χ1n) is 12.8. The number of ether oxygens (including phenoxy) is 1. The first kappa shape index (κ1) is 28.9. The van der Waals surface area contributed by atoms with E-state index in [4.69, 9.17) is 9.84 Å². The maximum absolute atomic E-state index is 12.4. The molecule has 1 aliphatic heterocycles. The number of benzene rings is 2. The molecule has 0 bridgehead atoms. The second-order valence-corrected chi connectivity index (χ2v) is 9.88. The predicted octanol–water partition coefficient (Wildman–Crippen LogP) is 3.21. The number of H-pyrrole nitrogens is 1. The van der Waals surface area contributed by atoms with Crippen molar-refractivity contribution < 1.29 is 19.4 Å². The van der Waals surface area contributed by atoms with Crippen LogP contribution < -0.4 is 9.64 Å². The highest BCUT2D eigenvalue weighted by molar-refractivity contribution is 5.65. The maximum atomic E-state index is 12.4. The Morgan fingerprint density at radius 2 is 1.84 bits per heavy atom. The van der Waals surface area contributed by atoms with Crippen LogP contribution in [0.2, 0.25) is 0 Å². The molecule has 1 fully saturated rings. The molecule has 1 amide bonds. The molecule has 0 saturated carbocycles. The highest BCUT2D eigenvalue weighted by Gasteiger charge is 2.40. The third kappa shape index (κ3) is 7.66. The summed E-state index contributed by atoms with van der Waals surface area (Å²) in [5.74, 6) is 0.811. The van der Waals surface area contributed by atoms with Gasteiger partial charge < -0.3 is 29.3 Å². The van der Waals surface area contributed by atoms with Crippen LogP contribution >= 0.6 is 0 Å². The van der Waals surface area contributed by atoms with E-state index in [0.29, 0.717) is 12.8 Å². The first-order valence-corrected chi connectivity index (χ1v) is 12.8. The number of aldehydes is 1. The Labute approximate surface area is 225 Å². The lowest BCUT2D eigenvalue weighted by molar-refractivity contribution is -0.126. The van der Waals surface area contributed by atoms with Gasteiger partial charge in [-0.3, -0.25) is 9.89 Å². The van der Waals surface area contributed by atoms with Crippen LogP contribution in [0.1, 0.15) is 25.3 Å². The Balaban J connectivity index is 0.000000732. The predicted molar refractivity (Wildman–Crippen MR) is 149 cm³/mol. The van der Waals surface area contributed by atoms with E-state index < -0.39 is 6.10 Å². The number of hydrogen-bond acceptors (Lipinski definition) is 7. The van der Waals surface area contributed by atoms with Crippen LogP contribution in [0.25, 0.3) is 11.1 Å². The molecule has 4 rings (SSSR count). The third-order valence-corrected chi connectivity index (χ3v) is 7.01. The minimum Gasteiger partial charge on any atom is -0.497 e. The Kier molecular flexibility index (Phi) is 10.4. The lowest BCUT2D eigenvalue weighted by Gasteiger charge is -2.49. The fraction of sp³-hybridized carbons (Fsp3) is 0.414. The van der Waals surface area contributed by atoms with Crippen LogP contribution in [-0.4, -0.2) is 90.3 Å². The van der Waals surface area contributed by atoms with E-state index in [1.54, 1.807) is 7.11 Å². The van der Waals surface area contributed by atoms with Crippen molar-refractivity contribution in [2.75, 3.05) is 45.7 Å². The van der Waals surface area contributed by atoms with Gasteiger partial charge in [0.1, 0.15) is 18.1 Å². The molecule has 0 spiro atoms. The summed E-state index contributed by atoms with van der Waals surface area (Å²) in [6.45, 7) is 4.69. The molecule has 0 aliphatic carbocycles. The van der Waals surface area contributed by atoms with Crippen LogP contribution in [-0.2, 0) is 16.1 Å². The summed E-state index contributed by atoms with van der Waals surface area (Å²) in [6.07, 6.45) is 6.29. The van der Waals surface area contributed by atoms with Gasteiger partial charge in [0.15, 0.2) is 0 Å². The quantitative estimate of drug-likeness (QED) is 0.395. The molecule has 9 heteroatoms. The number of aromatic amines is 1. The summed E-state index contributed by atoms with van der Waals surface area (Å²) in [4.78, 5) is 28.3. The number of amides is 1. The molecule has 38 heavy (non-hydrogen) atoms. The van der Waals surface area contributed by atoms with Gasteiger partial charge in [0.05, 0.1) is 18.8 Å². The summed E-state index contributed by atoms with van der Waals surface area (Å²) in [5.41, 5.74) is 4.17. The second-order valence-electron chi connectivity index (χ2n) is 9.88. The van der Waals surface area contributed by atoms with E-state index in [1.165, 1.54) is 6.92 Å². The average molecular weight is 522 g/mol. The standard InChI is InChI=1S/C26H33N5O2.C3H6O2/c1-29-13-11-26(12-14-29,31(20-32)18-21-5-4-6-25(15-21)33-3)19-30(2)24-9-7-22(8-10-24)23-16-27-28-17-23;1-3(5)2-4/h4-10,15-17,20H,11-14,18-19H2,1-3H3,(H,27,28);2-3,5H,1H3. The average Bonchev–Trinajstić information content (AvgIpc) is 3.49. The molecule has 2 N–H and O–H groups in total. The maximum Gasteiger partial charge on any atom is 0.210 e. The fourth-order valence-corrected chi connectivity index (χ4v) is 4.71. The molecule has 1 unspecified atom stereocenters. The lowest BCUT2D eigenvalue weighted by atomic mass is 9.84. The summed E-state index contributed by atoms with van der Waals surface area (Å²) in [5, 5.41) is 14.9. The van der Waals surface area contributed by atoms with Gasteiger partial charge in [-0.15, -0.1) is 0 Å². The van der Waals surface area contributed by atoms with Crippen LogP contribution in [0.15, 0.2) is 60.9 Å². The molecule has 2 heterocycles. The zero-order valence-corrected chi connectivity index (χ0v) is 22.7. The normalized spacial score (nSPS) is 15.5. The van der Waals surface area contributed by atoms with Crippen LogP contribution in [0.4, 0.5) is 5.69 Å². The number of nitrogens with one attached hydrogen (secondary N) is 1. The molecular weight excluding hydrogens is 482 g/mol. The number of rotatable bonds is 10. The smallest absolute Gasteiger partial charge is 0.210 e. The number of likely N-dealkylation sites (N-methyl/N-ethyl adjacent to an activating group) is 1. The SMILES string of the molecule is CC(O)C=O.COc1cccc(CN(C=O)C2(CN(C)c3ccc(-c4cn[nH]c4)cc3)CCN(C)CC2)c1. The molecular formula is C29H39N5O4. The first-order chi connectivity index (χ1) is 18.3. The number of methoxy groups -OCH3 is 1. The van der Waals surface area contributed by atoms with Crippen molar-refractivity contribution in [3.05, 3.63) is 66.5 Å². The van der Waals surface area contributed by atoms with E-state index in [2.05, 4.69) is 64.4 Å². The fourth-order valence-electron chi connectivity index (χ4n) is 4.71. The minimum atomic E-state index is -0.796. The number of carbonyl (C=O) groups excluding carboxylic acids is 2. The van der Waals surface area contributed by atoms with Gasteiger partial charge in [-0.25, -0.2) is 0 Å². The zero-order valence-electron chi connectivity index (χ0n) is 22.7. The van der Waals surface area contributed by atoms with E-state index in [-0.39, 0.29) is 5.54 Å². The number of hydrogen-bond donors (Lipinski definition) is 2. The van der Waals surface area contributed by atoms with E-state index >= 15 is 0 Å². The monoisotopic (exact) mass is 521 g/mol. The van der Waals surface area contributed by atoms with Crippen molar-refractivity contribution in [3.63, 3.8) is 0 Å². The number of nitrogens with zero attached hydrogens (tertiary/aromatic N) is 4. The molecule has 0 radical (unpaired) electrons. The van der Waals surface area contributed by atoms with Crippen LogP contribution in [0.5, 0.6) is 5.75 Å². The van der Waals surface area contributed by atoms with Gasteiger partial charge >= 0.3 is 0 Å². The summed E-state index contributed by atoms with van der Waals surface area (Å²) in [6, 6.07) is 16.5. The number of carbonyl (C=O) groups is 2. The van der Waals surface area contributed by atoms with Gasteiger partial charge in [0.2, 0.25) is 6.41 Å². The number of aromatic nitrogens is 2.